The van der Waals surface area contributed by atoms with Gasteiger partial charge in [0.1, 0.15) is 23.4 Å². The number of aryl methyl sites for hydroxylation is 1. The van der Waals surface area contributed by atoms with Crippen molar-refractivity contribution >= 4 is 16.6 Å². The third kappa shape index (κ3) is 3.89. The van der Waals surface area contributed by atoms with Gasteiger partial charge in [-0.1, -0.05) is 13.8 Å². The summed E-state index contributed by atoms with van der Waals surface area (Å²) in [6, 6.07) is 2.16. The molecule has 254 valence electrons. The van der Waals surface area contributed by atoms with Crippen molar-refractivity contribution in [2.45, 2.75) is 107 Å². The number of ketones is 1. The molecule has 0 aromatic heterocycles. The molecular weight excluding hydrogens is 614 g/mol. The maximum Gasteiger partial charge on any atom is 0.279 e. The van der Waals surface area contributed by atoms with Crippen molar-refractivity contribution in [2.24, 2.45) is 0 Å². The second-order valence-corrected chi connectivity index (χ2v) is 13.9. The molecule has 0 amide bonds. The van der Waals surface area contributed by atoms with Crippen molar-refractivity contribution in [3.63, 3.8) is 0 Å². The zero-order valence-corrected chi connectivity index (χ0v) is 27.2. The van der Waals surface area contributed by atoms with Gasteiger partial charge in [0.05, 0.1) is 56.6 Å². The van der Waals surface area contributed by atoms with Gasteiger partial charge in [0.2, 0.25) is 11.9 Å². The van der Waals surface area contributed by atoms with Gasteiger partial charge in [-0.2, -0.15) is 0 Å². The van der Waals surface area contributed by atoms with Gasteiger partial charge >= 0.3 is 0 Å². The molecular formula is C34H41NO12. The molecule has 9 rings (SSSR count). The fourth-order valence-electron chi connectivity index (χ4n) is 8.92. The molecule has 4 unspecified atom stereocenters. The van der Waals surface area contributed by atoms with Crippen LogP contribution in [-0.4, -0.2) is 106 Å². The highest BCUT2D eigenvalue weighted by Gasteiger charge is 2.94. The summed E-state index contributed by atoms with van der Waals surface area (Å²) in [6.07, 6.45) is -1.30. The normalized spacial score (nSPS) is 38.7. The summed E-state index contributed by atoms with van der Waals surface area (Å²) in [6.45, 7) is 7.39. The van der Waals surface area contributed by atoms with E-state index in [1.54, 1.807) is 14.2 Å². The molecule has 1 spiro atoms. The number of carbonyl (C=O) groups is 1. The zero-order valence-electron chi connectivity index (χ0n) is 27.2. The Morgan fingerprint density at radius 1 is 1.11 bits per heavy atom. The van der Waals surface area contributed by atoms with E-state index >= 15 is 0 Å². The maximum absolute atomic E-state index is 13.3. The van der Waals surface area contributed by atoms with Gasteiger partial charge in [0, 0.05) is 42.5 Å². The molecule has 5 fully saturated rings. The Morgan fingerprint density at radius 2 is 1.89 bits per heavy atom. The van der Waals surface area contributed by atoms with Gasteiger partial charge in [-0.15, -0.1) is 0 Å². The van der Waals surface area contributed by atoms with Crippen molar-refractivity contribution in [1.29, 1.82) is 0 Å². The first-order valence-corrected chi connectivity index (χ1v) is 16.6. The van der Waals surface area contributed by atoms with Crippen LogP contribution >= 0.6 is 0 Å². The van der Waals surface area contributed by atoms with E-state index in [0.29, 0.717) is 78.9 Å². The number of fused-ring (bicyclic) bond motifs is 8. The summed E-state index contributed by atoms with van der Waals surface area (Å²) in [5.74, 6) is -2.48. The number of nitrogens with one attached hydrogen (secondary N) is 1. The number of aromatic hydroxyl groups is 1. The number of benzene rings is 2. The number of hydrogen-bond acceptors (Lipinski definition) is 13. The predicted octanol–water partition coefficient (Wildman–Crippen LogP) is 2.92. The van der Waals surface area contributed by atoms with Gasteiger partial charge in [0.25, 0.3) is 11.6 Å². The Balaban J connectivity index is 1.22. The second kappa shape index (κ2) is 10.5. The average molecular weight is 656 g/mol. The molecule has 6 heterocycles. The molecule has 13 heteroatoms. The summed E-state index contributed by atoms with van der Waals surface area (Å²) in [5.41, 5.74) is 1.21. The van der Waals surface area contributed by atoms with Crippen LogP contribution in [0.3, 0.4) is 0 Å². The first-order valence-electron chi connectivity index (χ1n) is 16.6. The highest BCUT2D eigenvalue weighted by atomic mass is 16.9. The molecule has 2 N–H and O–H groups in total. The van der Waals surface area contributed by atoms with Gasteiger partial charge < -0.3 is 57.8 Å². The SMILES string of the molecule is COc1c2c(c(O)c3c4c(c(C)cc13)C1OC3(C5OCCO5)OC1[C@@](O[C@H]1CC(OC)[C@@H](NC(C)C)CO1)(O4)[C@@]31CO1)C(=O)CCC2. The number of rotatable bonds is 7. The number of phenols is 1. The van der Waals surface area contributed by atoms with Crippen LogP contribution in [0, 0.1) is 6.92 Å². The van der Waals surface area contributed by atoms with Crippen molar-refractivity contribution in [1.82, 2.24) is 5.32 Å². The number of Topliss-reactive ketones (excluding diaryl/α,β-unsaturated/α-hetero) is 1. The Morgan fingerprint density at radius 3 is 2.60 bits per heavy atom. The van der Waals surface area contributed by atoms with E-state index in [9.17, 15) is 9.90 Å². The summed E-state index contributed by atoms with van der Waals surface area (Å²) in [4.78, 5) is 13.3. The third-order valence-corrected chi connectivity index (χ3v) is 10.9. The van der Waals surface area contributed by atoms with Crippen LogP contribution < -0.4 is 14.8 Å². The minimum absolute atomic E-state index is 0.0322. The topological polar surface area (TPSA) is 145 Å². The molecule has 8 atom stereocenters. The van der Waals surface area contributed by atoms with Crippen LogP contribution in [0.4, 0.5) is 0 Å². The number of phenolic OH excluding ortho intramolecular Hbond substituents is 1. The summed E-state index contributed by atoms with van der Waals surface area (Å²) in [5, 5.41) is 16.4. The molecule has 5 saturated heterocycles. The van der Waals surface area contributed by atoms with Gasteiger partial charge in [-0.3, -0.25) is 4.79 Å². The van der Waals surface area contributed by atoms with Crippen molar-refractivity contribution in [2.75, 3.05) is 40.6 Å². The van der Waals surface area contributed by atoms with Crippen molar-refractivity contribution < 1.29 is 57.3 Å². The highest BCUT2D eigenvalue weighted by Crippen LogP contribution is 2.72. The van der Waals surface area contributed by atoms with E-state index in [0.717, 1.165) is 5.56 Å². The van der Waals surface area contributed by atoms with E-state index in [1.165, 1.54) is 0 Å². The quantitative estimate of drug-likeness (QED) is 0.422. The monoisotopic (exact) mass is 655 g/mol. The third-order valence-electron chi connectivity index (χ3n) is 10.9. The van der Waals surface area contributed by atoms with E-state index < -0.39 is 42.0 Å². The minimum atomic E-state index is -1.60. The number of carbonyl (C=O) groups excluding carboxylic acids is 1. The van der Waals surface area contributed by atoms with E-state index in [-0.39, 0.29) is 41.9 Å². The van der Waals surface area contributed by atoms with E-state index in [2.05, 4.69) is 19.2 Å². The Kier molecular flexibility index (Phi) is 6.78. The van der Waals surface area contributed by atoms with E-state index in [1.807, 2.05) is 13.0 Å². The molecule has 1 aliphatic carbocycles. The standard InChI is InChI=1S/C34H41NO12/c1-15(2)35-19-13-42-22(12-21(19)38-4)44-33-30-29(46-34(47-30,32(33)14-43-32)31-40-9-10-41-31)23-16(3)11-18-25(28(23)45-33)26(37)24-17(27(18)39-5)7-6-8-20(24)36/h11,15,19,21-22,29-31,35,37H,6-10,12-14H2,1-5H3/t19-,21?,22-,29?,30?,32-,33+,34?/m0/s1. The van der Waals surface area contributed by atoms with Crippen molar-refractivity contribution in [3.05, 3.63) is 28.3 Å². The van der Waals surface area contributed by atoms with E-state index in [4.69, 9.17) is 47.4 Å². The average Bonchev–Trinajstić information content (AvgIpc) is 3.39. The number of epoxide rings is 1. The highest BCUT2D eigenvalue weighted by molar-refractivity contribution is 6.11. The molecule has 2 bridgehead atoms. The van der Waals surface area contributed by atoms with Crippen LogP contribution in [0.15, 0.2) is 6.07 Å². The maximum atomic E-state index is 13.3. The Bertz CT molecular complexity index is 1650. The molecule has 0 radical (unpaired) electrons. The van der Waals surface area contributed by atoms with Crippen LogP contribution in [0.2, 0.25) is 0 Å². The molecule has 7 aliphatic rings. The summed E-state index contributed by atoms with van der Waals surface area (Å²) >= 11 is 0. The number of methoxy groups -OCH3 is 2. The first kappa shape index (κ1) is 30.5. The molecule has 2 aromatic carbocycles. The van der Waals surface area contributed by atoms with Crippen LogP contribution in [0.1, 0.15) is 66.3 Å². The lowest BCUT2D eigenvalue weighted by Crippen LogP contribution is -2.71. The lowest BCUT2D eigenvalue weighted by Gasteiger charge is -2.51. The predicted molar refractivity (Wildman–Crippen MR) is 162 cm³/mol. The van der Waals surface area contributed by atoms with Crippen LogP contribution in [-0.2, 0) is 44.3 Å². The van der Waals surface area contributed by atoms with Crippen LogP contribution in [0.25, 0.3) is 10.8 Å². The lowest BCUT2D eigenvalue weighted by atomic mass is 9.78. The first-order chi connectivity index (χ1) is 22.7. The van der Waals surface area contributed by atoms with Gasteiger partial charge in [-0.25, -0.2) is 0 Å². The number of hydrogen-bond donors (Lipinski definition) is 2. The summed E-state index contributed by atoms with van der Waals surface area (Å²) < 4.78 is 64.3. The smallest absolute Gasteiger partial charge is 0.279 e. The number of ether oxygens (including phenoxy) is 10. The molecule has 13 nitrogen and oxygen atoms in total. The fraction of sp³-hybridized carbons (Fsp3) is 0.676. The summed E-state index contributed by atoms with van der Waals surface area (Å²) in [7, 11) is 3.26. The van der Waals surface area contributed by atoms with Crippen LogP contribution in [0.5, 0.6) is 17.2 Å². The molecule has 2 aromatic rings. The van der Waals surface area contributed by atoms with Gasteiger partial charge in [-0.05, 0) is 31.4 Å². The Hall–Kier alpha value is -2.59. The Labute approximate surface area is 271 Å². The van der Waals surface area contributed by atoms with Gasteiger partial charge in [0.15, 0.2) is 18.2 Å². The molecule has 6 aliphatic heterocycles. The zero-order chi connectivity index (χ0) is 32.5. The second-order valence-electron chi connectivity index (χ2n) is 13.9. The van der Waals surface area contributed by atoms with Crippen molar-refractivity contribution in [3.8, 4) is 17.2 Å². The largest absolute Gasteiger partial charge is 0.506 e. The fourth-order valence-corrected chi connectivity index (χ4v) is 8.92. The minimum Gasteiger partial charge on any atom is -0.506 e. The molecule has 0 saturated carbocycles. The molecule has 47 heavy (non-hydrogen) atoms. The lowest BCUT2D eigenvalue weighted by molar-refractivity contribution is -0.370.